The zero-order chi connectivity index (χ0) is 12.8. The number of nitrogens with zero attached hydrogens (tertiary/aromatic N) is 3. The molecule has 0 saturated carbocycles. The van der Waals surface area contributed by atoms with Crippen LogP contribution in [0.2, 0.25) is 0 Å². The van der Waals surface area contributed by atoms with Crippen molar-refractivity contribution < 1.29 is 9.90 Å². The molecule has 2 rings (SSSR count). The van der Waals surface area contributed by atoms with E-state index in [1.807, 2.05) is 27.7 Å². The minimum atomic E-state index is -1.02. The van der Waals surface area contributed by atoms with Crippen molar-refractivity contribution in [3.05, 3.63) is 29.2 Å². The number of hydrogen-bond donors (Lipinski definition) is 1. The molecule has 0 radical (unpaired) electrons. The van der Waals surface area contributed by atoms with E-state index in [1.54, 1.807) is 16.9 Å². The SMILES string of the molecule is Cc1cnc2c(C(C)(C)C)c(C(=O)O)nn2c1. The van der Waals surface area contributed by atoms with Crippen molar-refractivity contribution in [2.75, 3.05) is 0 Å². The number of hydrogen-bond acceptors (Lipinski definition) is 3. The van der Waals surface area contributed by atoms with Crippen molar-refractivity contribution in [2.24, 2.45) is 0 Å². The minimum absolute atomic E-state index is 0.0793. The first-order valence-corrected chi connectivity index (χ1v) is 5.39. The average Bonchev–Trinajstić information content (AvgIpc) is 2.55. The van der Waals surface area contributed by atoms with Gasteiger partial charge in [0.05, 0.1) is 0 Å². The van der Waals surface area contributed by atoms with E-state index >= 15 is 0 Å². The van der Waals surface area contributed by atoms with Gasteiger partial charge in [-0.05, 0) is 17.9 Å². The van der Waals surface area contributed by atoms with Crippen molar-refractivity contribution in [3.63, 3.8) is 0 Å². The third kappa shape index (κ3) is 1.88. The first-order chi connectivity index (χ1) is 7.80. The molecule has 17 heavy (non-hydrogen) atoms. The van der Waals surface area contributed by atoms with Crippen molar-refractivity contribution in [1.82, 2.24) is 14.6 Å². The molecule has 0 saturated heterocycles. The van der Waals surface area contributed by atoms with Gasteiger partial charge >= 0.3 is 5.97 Å². The van der Waals surface area contributed by atoms with Crippen LogP contribution in [-0.2, 0) is 5.41 Å². The van der Waals surface area contributed by atoms with Crippen molar-refractivity contribution >= 4 is 11.6 Å². The van der Waals surface area contributed by atoms with Crippen LogP contribution in [0.15, 0.2) is 12.4 Å². The van der Waals surface area contributed by atoms with E-state index < -0.39 is 5.97 Å². The van der Waals surface area contributed by atoms with Gasteiger partial charge < -0.3 is 5.11 Å². The van der Waals surface area contributed by atoms with Crippen LogP contribution in [0.3, 0.4) is 0 Å². The predicted octanol–water partition coefficient (Wildman–Crippen LogP) is 2.03. The van der Waals surface area contributed by atoms with Crippen LogP contribution in [0, 0.1) is 6.92 Å². The van der Waals surface area contributed by atoms with Gasteiger partial charge in [0.25, 0.3) is 0 Å². The lowest BCUT2D eigenvalue weighted by molar-refractivity contribution is 0.0687. The second-order valence-electron chi connectivity index (χ2n) is 5.18. The third-order valence-corrected chi connectivity index (χ3v) is 2.55. The van der Waals surface area contributed by atoms with E-state index in [1.165, 1.54) is 0 Å². The molecular formula is C12H15N3O2. The molecule has 2 heterocycles. The fraction of sp³-hybridized carbons (Fsp3) is 0.417. The summed E-state index contributed by atoms with van der Waals surface area (Å²) in [6.45, 7) is 7.76. The summed E-state index contributed by atoms with van der Waals surface area (Å²) in [5.74, 6) is -1.02. The molecule has 1 N–H and O–H groups in total. The summed E-state index contributed by atoms with van der Waals surface area (Å²) in [5.41, 5.74) is 2.00. The molecule has 0 aliphatic carbocycles. The second-order valence-corrected chi connectivity index (χ2v) is 5.18. The summed E-state index contributed by atoms with van der Waals surface area (Å²) in [6.07, 6.45) is 3.50. The highest BCUT2D eigenvalue weighted by Crippen LogP contribution is 2.29. The molecule has 0 aromatic carbocycles. The maximum Gasteiger partial charge on any atom is 0.356 e. The monoisotopic (exact) mass is 233 g/mol. The standard InChI is InChI=1S/C12H15N3O2/c1-7-5-13-10-8(12(2,3)4)9(11(16)17)14-15(10)6-7/h5-6H,1-4H3,(H,16,17). The fourth-order valence-corrected chi connectivity index (χ4v) is 1.87. The molecule has 5 heteroatoms. The lowest BCUT2D eigenvalue weighted by Gasteiger charge is -2.17. The second kappa shape index (κ2) is 3.55. The average molecular weight is 233 g/mol. The van der Waals surface area contributed by atoms with Gasteiger partial charge in [-0.15, -0.1) is 0 Å². The number of aryl methyl sites for hydroxylation is 1. The fourth-order valence-electron chi connectivity index (χ4n) is 1.87. The van der Waals surface area contributed by atoms with Crippen LogP contribution in [0.4, 0.5) is 0 Å². The zero-order valence-corrected chi connectivity index (χ0v) is 10.4. The summed E-state index contributed by atoms with van der Waals surface area (Å²) < 4.78 is 1.54. The predicted molar refractivity (Wildman–Crippen MR) is 63.4 cm³/mol. The van der Waals surface area contributed by atoms with Gasteiger partial charge in [0.2, 0.25) is 0 Å². The van der Waals surface area contributed by atoms with Crippen LogP contribution in [0.5, 0.6) is 0 Å². The van der Waals surface area contributed by atoms with Crippen LogP contribution >= 0.6 is 0 Å². The number of rotatable bonds is 1. The van der Waals surface area contributed by atoms with Gasteiger partial charge in [0.1, 0.15) is 0 Å². The van der Waals surface area contributed by atoms with Crippen molar-refractivity contribution in [1.29, 1.82) is 0 Å². The quantitative estimate of drug-likeness (QED) is 0.818. The molecule has 2 aromatic heterocycles. The minimum Gasteiger partial charge on any atom is -0.476 e. The lowest BCUT2D eigenvalue weighted by atomic mass is 9.86. The summed E-state index contributed by atoms with van der Waals surface area (Å²) in [5, 5.41) is 13.3. The highest BCUT2D eigenvalue weighted by atomic mass is 16.4. The molecule has 5 nitrogen and oxygen atoms in total. The Morgan fingerprint density at radius 3 is 2.59 bits per heavy atom. The molecule has 0 unspecified atom stereocenters. The topological polar surface area (TPSA) is 67.5 Å². The van der Waals surface area contributed by atoms with Gasteiger partial charge in [-0.1, -0.05) is 20.8 Å². The first kappa shape index (κ1) is 11.6. The van der Waals surface area contributed by atoms with E-state index in [2.05, 4.69) is 10.1 Å². The Bertz CT molecular complexity index is 594. The van der Waals surface area contributed by atoms with E-state index in [9.17, 15) is 9.90 Å². The van der Waals surface area contributed by atoms with Gasteiger partial charge in [-0.3, -0.25) is 0 Å². The normalized spacial score (nSPS) is 12.0. The molecule has 0 fully saturated rings. The van der Waals surface area contributed by atoms with Gasteiger partial charge in [0.15, 0.2) is 11.3 Å². The highest BCUT2D eigenvalue weighted by molar-refractivity contribution is 5.90. The summed E-state index contributed by atoms with van der Waals surface area (Å²) in [7, 11) is 0. The Labute approximate surface area is 99.1 Å². The molecule has 0 amide bonds. The summed E-state index contributed by atoms with van der Waals surface area (Å²) in [4.78, 5) is 15.5. The highest BCUT2D eigenvalue weighted by Gasteiger charge is 2.28. The Morgan fingerprint density at radius 2 is 2.06 bits per heavy atom. The summed E-state index contributed by atoms with van der Waals surface area (Å²) >= 11 is 0. The molecule has 0 spiro atoms. The lowest BCUT2D eigenvalue weighted by Crippen LogP contribution is -2.16. The van der Waals surface area contributed by atoms with Crippen LogP contribution in [-0.4, -0.2) is 25.7 Å². The Balaban J connectivity index is 2.86. The van der Waals surface area contributed by atoms with E-state index in [-0.39, 0.29) is 11.1 Å². The number of carbonyl (C=O) groups is 1. The maximum atomic E-state index is 11.2. The molecular weight excluding hydrogens is 218 g/mol. The van der Waals surface area contributed by atoms with Crippen LogP contribution in [0.25, 0.3) is 5.65 Å². The Hall–Kier alpha value is -1.91. The first-order valence-electron chi connectivity index (χ1n) is 5.39. The molecule has 0 aliphatic heterocycles. The number of fused-ring (bicyclic) bond motifs is 1. The number of aromatic carboxylic acids is 1. The Morgan fingerprint density at radius 1 is 1.41 bits per heavy atom. The maximum absolute atomic E-state index is 11.2. The molecule has 2 aromatic rings. The van der Waals surface area contributed by atoms with E-state index in [0.717, 1.165) is 5.56 Å². The molecule has 0 atom stereocenters. The Kier molecular flexibility index (Phi) is 2.41. The number of carboxylic acids is 1. The van der Waals surface area contributed by atoms with Gasteiger partial charge in [-0.2, -0.15) is 5.10 Å². The number of carboxylic acid groups (broad SMARTS) is 1. The van der Waals surface area contributed by atoms with E-state index in [0.29, 0.717) is 11.2 Å². The zero-order valence-electron chi connectivity index (χ0n) is 10.4. The third-order valence-electron chi connectivity index (χ3n) is 2.55. The smallest absolute Gasteiger partial charge is 0.356 e. The largest absolute Gasteiger partial charge is 0.476 e. The van der Waals surface area contributed by atoms with Crippen molar-refractivity contribution in [3.8, 4) is 0 Å². The molecule has 0 bridgehead atoms. The number of aromatic nitrogens is 3. The van der Waals surface area contributed by atoms with E-state index in [4.69, 9.17) is 0 Å². The molecule has 0 aliphatic rings. The van der Waals surface area contributed by atoms with Gasteiger partial charge in [0, 0.05) is 18.0 Å². The van der Waals surface area contributed by atoms with Gasteiger partial charge in [-0.25, -0.2) is 14.3 Å². The molecule has 90 valence electrons. The van der Waals surface area contributed by atoms with Crippen molar-refractivity contribution in [2.45, 2.75) is 33.1 Å². The van der Waals surface area contributed by atoms with Crippen LogP contribution < -0.4 is 0 Å². The summed E-state index contributed by atoms with van der Waals surface area (Å²) in [6, 6.07) is 0. The van der Waals surface area contributed by atoms with Crippen LogP contribution in [0.1, 0.15) is 42.4 Å².